The van der Waals surface area contributed by atoms with Gasteiger partial charge in [-0.3, -0.25) is 34.2 Å². The number of esters is 1. The lowest BCUT2D eigenvalue weighted by atomic mass is 10.1. The van der Waals surface area contributed by atoms with E-state index in [1.807, 2.05) is 13.8 Å². The van der Waals surface area contributed by atoms with E-state index in [2.05, 4.69) is 0 Å². The number of carbonyl (C=O) groups excluding carboxylic acids is 4. The van der Waals surface area contributed by atoms with E-state index in [1.165, 1.54) is 12.1 Å². The standard InChI is InChI=1S/C18H21N3O7/c1-3-8-19(9-4-2)14(22)11-28-15(23)10-20-17(24)12-6-5-7-13(21(26)27)16(12)18(20)25/h5-7H,3-4,8-11H2,1-2H3. The van der Waals surface area contributed by atoms with Crippen molar-refractivity contribution in [3.05, 3.63) is 39.4 Å². The van der Waals surface area contributed by atoms with Gasteiger partial charge in [-0.25, -0.2) is 0 Å². The lowest BCUT2D eigenvalue weighted by Gasteiger charge is -2.21. The maximum Gasteiger partial charge on any atom is 0.326 e. The maximum atomic E-state index is 12.4. The molecule has 0 saturated carbocycles. The summed E-state index contributed by atoms with van der Waals surface area (Å²) in [6, 6.07) is 3.68. The molecule has 2 rings (SSSR count). The molecule has 10 nitrogen and oxygen atoms in total. The Bertz CT molecular complexity index is 815. The molecule has 150 valence electrons. The monoisotopic (exact) mass is 391 g/mol. The molecule has 0 fully saturated rings. The van der Waals surface area contributed by atoms with Crippen LogP contribution in [0.15, 0.2) is 18.2 Å². The normalized spacial score (nSPS) is 12.7. The van der Waals surface area contributed by atoms with Crippen LogP contribution < -0.4 is 0 Å². The van der Waals surface area contributed by atoms with Crippen molar-refractivity contribution in [2.45, 2.75) is 26.7 Å². The minimum absolute atomic E-state index is 0.139. The predicted octanol–water partition coefficient (Wildman–Crippen LogP) is 1.38. The van der Waals surface area contributed by atoms with Crippen molar-refractivity contribution >= 4 is 29.4 Å². The van der Waals surface area contributed by atoms with Gasteiger partial charge < -0.3 is 9.64 Å². The van der Waals surface area contributed by atoms with Crippen LogP contribution in [0.2, 0.25) is 0 Å². The van der Waals surface area contributed by atoms with Gasteiger partial charge in [0.2, 0.25) is 0 Å². The van der Waals surface area contributed by atoms with Crippen LogP contribution in [-0.2, 0) is 14.3 Å². The molecule has 0 bridgehead atoms. The van der Waals surface area contributed by atoms with E-state index in [0.717, 1.165) is 18.9 Å². The van der Waals surface area contributed by atoms with Gasteiger partial charge in [0.25, 0.3) is 23.4 Å². The van der Waals surface area contributed by atoms with Crippen LogP contribution in [0.5, 0.6) is 0 Å². The summed E-state index contributed by atoms with van der Waals surface area (Å²) in [5.41, 5.74) is -0.991. The molecule has 0 N–H and O–H groups in total. The van der Waals surface area contributed by atoms with Crippen molar-refractivity contribution in [1.29, 1.82) is 0 Å². The first-order chi connectivity index (χ1) is 13.3. The highest BCUT2D eigenvalue weighted by atomic mass is 16.6. The third kappa shape index (κ3) is 4.33. The largest absolute Gasteiger partial charge is 0.454 e. The second-order valence-corrected chi connectivity index (χ2v) is 6.19. The van der Waals surface area contributed by atoms with Gasteiger partial charge in [0.1, 0.15) is 12.1 Å². The molecule has 0 unspecified atom stereocenters. The Morgan fingerprint density at radius 1 is 1.14 bits per heavy atom. The fourth-order valence-electron chi connectivity index (χ4n) is 2.92. The highest BCUT2D eigenvalue weighted by Crippen LogP contribution is 2.30. The first-order valence-corrected chi connectivity index (χ1v) is 8.88. The van der Waals surface area contributed by atoms with Gasteiger partial charge in [-0.15, -0.1) is 0 Å². The molecule has 0 aliphatic carbocycles. The summed E-state index contributed by atoms with van der Waals surface area (Å²) in [6.07, 6.45) is 1.51. The average molecular weight is 391 g/mol. The zero-order valence-electron chi connectivity index (χ0n) is 15.7. The molecule has 0 aromatic heterocycles. The number of nitrogens with zero attached hydrogens (tertiary/aromatic N) is 3. The van der Waals surface area contributed by atoms with E-state index in [4.69, 9.17) is 4.74 Å². The van der Waals surface area contributed by atoms with Crippen molar-refractivity contribution in [2.75, 3.05) is 26.2 Å². The fraction of sp³-hybridized carbons (Fsp3) is 0.444. The van der Waals surface area contributed by atoms with Crippen molar-refractivity contribution in [3.8, 4) is 0 Å². The van der Waals surface area contributed by atoms with Crippen molar-refractivity contribution < 1.29 is 28.8 Å². The summed E-state index contributed by atoms with van der Waals surface area (Å²) in [5, 5.41) is 11.1. The molecular formula is C18H21N3O7. The summed E-state index contributed by atoms with van der Waals surface area (Å²) in [7, 11) is 0. The maximum absolute atomic E-state index is 12.4. The molecule has 0 radical (unpaired) electrons. The van der Waals surface area contributed by atoms with E-state index in [9.17, 15) is 29.3 Å². The average Bonchev–Trinajstić information content (AvgIpc) is 2.90. The molecule has 0 atom stereocenters. The van der Waals surface area contributed by atoms with Gasteiger partial charge >= 0.3 is 5.97 Å². The number of rotatable bonds is 9. The van der Waals surface area contributed by atoms with Gasteiger partial charge in [0, 0.05) is 19.2 Å². The second-order valence-electron chi connectivity index (χ2n) is 6.19. The number of ether oxygens (including phenoxy) is 1. The third-order valence-electron chi connectivity index (χ3n) is 4.16. The first kappa shape index (κ1) is 21.0. The number of hydrogen-bond acceptors (Lipinski definition) is 7. The van der Waals surface area contributed by atoms with E-state index < -0.39 is 41.5 Å². The minimum Gasteiger partial charge on any atom is -0.454 e. The van der Waals surface area contributed by atoms with E-state index >= 15 is 0 Å². The van der Waals surface area contributed by atoms with Gasteiger partial charge in [-0.2, -0.15) is 0 Å². The van der Waals surface area contributed by atoms with Crippen LogP contribution in [-0.4, -0.2) is 64.7 Å². The second kappa shape index (κ2) is 9.07. The number of fused-ring (bicyclic) bond motifs is 1. The third-order valence-corrected chi connectivity index (χ3v) is 4.16. The van der Waals surface area contributed by atoms with Gasteiger partial charge in [0.05, 0.1) is 10.5 Å². The molecule has 1 aromatic rings. The van der Waals surface area contributed by atoms with Crippen molar-refractivity contribution in [3.63, 3.8) is 0 Å². The topological polar surface area (TPSA) is 127 Å². The number of benzene rings is 1. The lowest BCUT2D eigenvalue weighted by Crippen LogP contribution is -2.39. The Morgan fingerprint density at radius 2 is 1.79 bits per heavy atom. The van der Waals surface area contributed by atoms with Gasteiger partial charge in [-0.1, -0.05) is 19.9 Å². The molecule has 28 heavy (non-hydrogen) atoms. The quantitative estimate of drug-likeness (QED) is 0.269. The summed E-state index contributed by atoms with van der Waals surface area (Å²) in [4.78, 5) is 61.4. The molecule has 10 heteroatoms. The smallest absolute Gasteiger partial charge is 0.326 e. The van der Waals surface area contributed by atoms with Crippen LogP contribution in [0.4, 0.5) is 5.69 Å². The molecule has 1 aromatic carbocycles. The molecule has 1 aliphatic heterocycles. The Labute approximate surface area is 161 Å². The molecule has 1 aliphatic rings. The number of carbonyl (C=O) groups is 4. The summed E-state index contributed by atoms with van der Waals surface area (Å²) in [6.45, 7) is 3.69. The molecule has 0 saturated heterocycles. The highest BCUT2D eigenvalue weighted by Gasteiger charge is 2.42. The van der Waals surface area contributed by atoms with Crippen molar-refractivity contribution in [1.82, 2.24) is 9.80 Å². The van der Waals surface area contributed by atoms with E-state index in [-0.39, 0.29) is 17.0 Å². The number of nitro groups is 1. The fourth-order valence-corrected chi connectivity index (χ4v) is 2.92. The van der Waals surface area contributed by atoms with Gasteiger partial charge in [-0.05, 0) is 18.9 Å². The van der Waals surface area contributed by atoms with Crippen molar-refractivity contribution in [2.24, 2.45) is 0 Å². The Hall–Kier alpha value is -3.30. The minimum atomic E-state index is -0.946. The number of hydrogen-bond donors (Lipinski definition) is 0. The Kier molecular flexibility index (Phi) is 6.80. The first-order valence-electron chi connectivity index (χ1n) is 8.88. The molecule has 0 spiro atoms. The Morgan fingerprint density at radius 3 is 2.36 bits per heavy atom. The predicted molar refractivity (Wildman–Crippen MR) is 96.6 cm³/mol. The van der Waals surface area contributed by atoms with E-state index in [1.54, 1.807) is 4.90 Å². The number of nitro benzene ring substituents is 1. The SMILES string of the molecule is CCCN(CCC)C(=O)COC(=O)CN1C(=O)c2cccc([N+](=O)[O-])c2C1=O. The van der Waals surface area contributed by atoms with Crippen LogP contribution in [0.3, 0.4) is 0 Å². The highest BCUT2D eigenvalue weighted by molar-refractivity contribution is 6.24. The van der Waals surface area contributed by atoms with Gasteiger partial charge in [0.15, 0.2) is 6.61 Å². The molecular weight excluding hydrogens is 370 g/mol. The zero-order chi connectivity index (χ0) is 20.8. The van der Waals surface area contributed by atoms with Crippen LogP contribution in [0.1, 0.15) is 47.4 Å². The zero-order valence-corrected chi connectivity index (χ0v) is 15.7. The van der Waals surface area contributed by atoms with Crippen LogP contribution in [0, 0.1) is 10.1 Å². The lowest BCUT2D eigenvalue weighted by molar-refractivity contribution is -0.385. The number of imide groups is 1. The van der Waals surface area contributed by atoms with Crippen LogP contribution in [0.25, 0.3) is 0 Å². The Balaban J connectivity index is 2.02. The number of amides is 3. The summed E-state index contributed by atoms with van der Waals surface area (Å²) >= 11 is 0. The summed E-state index contributed by atoms with van der Waals surface area (Å²) < 4.78 is 4.90. The van der Waals surface area contributed by atoms with Crippen LogP contribution >= 0.6 is 0 Å². The van der Waals surface area contributed by atoms with E-state index in [0.29, 0.717) is 18.0 Å². The molecule has 3 amide bonds. The molecule has 1 heterocycles. The summed E-state index contributed by atoms with van der Waals surface area (Å²) in [5.74, 6) is -3.06.